The van der Waals surface area contributed by atoms with Crippen LogP contribution in [0.4, 0.5) is 9.59 Å². The zero-order valence-electron chi connectivity index (χ0n) is 32.6. The number of aliphatic hydroxyl groups excluding tert-OH is 1. The van der Waals surface area contributed by atoms with Crippen LogP contribution in [0.3, 0.4) is 0 Å². The van der Waals surface area contributed by atoms with Crippen molar-refractivity contribution in [2.45, 2.75) is 77.4 Å². The number of carbonyl (C=O) groups excluding carboxylic acids is 4. The van der Waals surface area contributed by atoms with E-state index in [0.29, 0.717) is 26.1 Å². The highest BCUT2D eigenvalue weighted by atomic mass is 16.6. The molecule has 4 heterocycles. The molecular formula is C43H51N7O7. The lowest BCUT2D eigenvalue weighted by Gasteiger charge is -2.35. The summed E-state index contributed by atoms with van der Waals surface area (Å²) in [7, 11) is 0. The monoisotopic (exact) mass is 777 g/mol. The molecule has 0 radical (unpaired) electrons. The van der Waals surface area contributed by atoms with Gasteiger partial charge in [0.1, 0.15) is 6.04 Å². The number of carbonyl (C=O) groups is 4. The number of pyridine rings is 2. The van der Waals surface area contributed by atoms with E-state index in [0.717, 1.165) is 33.8 Å². The molecule has 4 amide bonds. The molecule has 14 nitrogen and oxygen atoms in total. The van der Waals surface area contributed by atoms with Crippen molar-refractivity contribution < 1.29 is 33.8 Å². The van der Waals surface area contributed by atoms with Crippen LogP contribution in [0.15, 0.2) is 97.2 Å². The Bertz CT molecular complexity index is 1970. The van der Waals surface area contributed by atoms with Gasteiger partial charge in [-0.05, 0) is 54.7 Å². The van der Waals surface area contributed by atoms with Gasteiger partial charge in [0.15, 0.2) is 0 Å². The second kappa shape index (κ2) is 19.3. The van der Waals surface area contributed by atoms with Crippen molar-refractivity contribution in [3.05, 3.63) is 120 Å². The van der Waals surface area contributed by atoms with Crippen molar-refractivity contribution in [3.63, 3.8) is 0 Å². The van der Waals surface area contributed by atoms with E-state index in [1.54, 1.807) is 16.0 Å². The summed E-state index contributed by atoms with van der Waals surface area (Å²) in [5.74, 6) is -1.18. The number of ether oxygens (including phenoxy) is 2. The second-order valence-corrected chi connectivity index (χ2v) is 14.6. The lowest BCUT2D eigenvalue weighted by Crippen LogP contribution is -2.58. The van der Waals surface area contributed by atoms with Gasteiger partial charge in [-0.2, -0.15) is 0 Å². The standard InChI is InChI=1S/C43H51N7O7/c1-4-29(2)39(50-23-22-48(43(50)55)27-34-14-10-11-30(3)45-34)40(52)46-36(25-31-12-6-5-7-13-31)37(51)28-49(47-42(54)57-38-20-24-56-41(38)53)26-32-16-18-33(19-17-32)35-15-8-9-21-44-35/h5-19,21,29,36-39,51H,4,20,22-28H2,1-3H3,(H,46,52)(H,47,54)/t29?,36?,37?,38-,39?/m1/s1. The number of aliphatic hydroxyl groups is 1. The van der Waals surface area contributed by atoms with Crippen molar-refractivity contribution in [1.29, 1.82) is 0 Å². The molecule has 2 aliphatic rings. The molecule has 2 aromatic carbocycles. The van der Waals surface area contributed by atoms with Crippen LogP contribution in [0, 0.1) is 12.8 Å². The SMILES string of the molecule is CCC(C)C(C(=O)NC(Cc1ccccc1)C(O)CN(Cc1ccc(-c2ccccn2)cc1)NC(=O)O[C@@H]1CCOC1=O)N1CCN(Cc2cccc(C)n2)C1=O. The van der Waals surface area contributed by atoms with Crippen LogP contribution in [-0.4, -0.2) is 104 Å². The summed E-state index contributed by atoms with van der Waals surface area (Å²) >= 11 is 0. The molecule has 2 fully saturated rings. The average Bonchev–Trinajstić information content (AvgIpc) is 3.78. The number of benzene rings is 2. The Labute approximate surface area is 333 Å². The van der Waals surface area contributed by atoms with Crippen LogP contribution in [0.5, 0.6) is 0 Å². The average molecular weight is 778 g/mol. The van der Waals surface area contributed by atoms with Crippen molar-refractivity contribution in [2.24, 2.45) is 5.92 Å². The molecule has 0 bridgehead atoms. The van der Waals surface area contributed by atoms with Crippen LogP contribution in [-0.2, 0) is 38.6 Å². The largest absolute Gasteiger partial charge is 0.463 e. The quantitative estimate of drug-likeness (QED) is 0.102. The van der Waals surface area contributed by atoms with Gasteiger partial charge >= 0.3 is 18.1 Å². The Morgan fingerprint density at radius 1 is 0.982 bits per heavy atom. The minimum Gasteiger partial charge on any atom is -0.463 e. The summed E-state index contributed by atoms with van der Waals surface area (Å²) in [6.45, 7) is 7.16. The van der Waals surface area contributed by atoms with Crippen LogP contribution in [0.25, 0.3) is 11.3 Å². The van der Waals surface area contributed by atoms with E-state index in [1.165, 1.54) is 5.01 Å². The molecule has 2 aromatic heterocycles. The minimum absolute atomic E-state index is 0.127. The minimum atomic E-state index is -1.21. The lowest BCUT2D eigenvalue weighted by atomic mass is 9.95. The molecule has 2 saturated heterocycles. The zero-order chi connectivity index (χ0) is 40.3. The van der Waals surface area contributed by atoms with Gasteiger partial charge in [0.2, 0.25) is 12.0 Å². The first-order valence-corrected chi connectivity index (χ1v) is 19.5. The summed E-state index contributed by atoms with van der Waals surface area (Å²) < 4.78 is 10.3. The fourth-order valence-electron chi connectivity index (χ4n) is 7.15. The summed E-state index contributed by atoms with van der Waals surface area (Å²) in [5, 5.41) is 16.6. The highest BCUT2D eigenvalue weighted by Crippen LogP contribution is 2.24. The van der Waals surface area contributed by atoms with Gasteiger partial charge < -0.3 is 29.7 Å². The number of nitrogens with one attached hydrogen (secondary N) is 2. The summed E-state index contributed by atoms with van der Waals surface area (Å²) in [5.41, 5.74) is 7.74. The van der Waals surface area contributed by atoms with Crippen molar-refractivity contribution in [2.75, 3.05) is 26.2 Å². The van der Waals surface area contributed by atoms with Gasteiger partial charge in [-0.15, -0.1) is 0 Å². The van der Waals surface area contributed by atoms with E-state index in [4.69, 9.17) is 9.47 Å². The molecular weight excluding hydrogens is 727 g/mol. The van der Waals surface area contributed by atoms with Crippen LogP contribution < -0.4 is 10.7 Å². The molecule has 0 spiro atoms. The number of hydrogen-bond acceptors (Lipinski definition) is 10. The second-order valence-electron chi connectivity index (χ2n) is 14.6. The number of cyclic esters (lactones) is 1. The van der Waals surface area contributed by atoms with Gasteiger partial charge in [0.25, 0.3) is 0 Å². The Balaban J connectivity index is 1.21. The maximum absolute atomic E-state index is 14.4. The highest BCUT2D eigenvalue weighted by molar-refractivity contribution is 5.88. The van der Waals surface area contributed by atoms with E-state index in [-0.39, 0.29) is 50.4 Å². The first-order valence-electron chi connectivity index (χ1n) is 19.5. The van der Waals surface area contributed by atoms with Crippen molar-refractivity contribution >= 4 is 24.0 Å². The number of urea groups is 1. The van der Waals surface area contributed by atoms with Crippen LogP contribution in [0.2, 0.25) is 0 Å². The molecule has 300 valence electrons. The van der Waals surface area contributed by atoms with Gasteiger partial charge in [0.05, 0.1) is 36.7 Å². The van der Waals surface area contributed by atoms with Gasteiger partial charge in [-0.3, -0.25) is 20.2 Å². The summed E-state index contributed by atoms with van der Waals surface area (Å²) in [6.07, 6.45) is -0.253. The third-order valence-corrected chi connectivity index (χ3v) is 10.4. The van der Waals surface area contributed by atoms with Crippen LogP contribution in [0.1, 0.15) is 49.2 Å². The van der Waals surface area contributed by atoms with E-state index in [1.807, 2.05) is 112 Å². The Morgan fingerprint density at radius 2 is 1.75 bits per heavy atom. The number of amides is 4. The van der Waals surface area contributed by atoms with Gasteiger partial charge in [0, 0.05) is 50.1 Å². The molecule has 57 heavy (non-hydrogen) atoms. The zero-order valence-corrected chi connectivity index (χ0v) is 32.6. The van der Waals surface area contributed by atoms with E-state index in [2.05, 4.69) is 20.7 Å². The highest BCUT2D eigenvalue weighted by Gasteiger charge is 2.41. The molecule has 6 rings (SSSR count). The fourth-order valence-corrected chi connectivity index (χ4v) is 7.15. The normalized spacial score (nSPS) is 17.5. The Kier molecular flexibility index (Phi) is 13.8. The Hall–Kier alpha value is -5.86. The number of rotatable bonds is 17. The number of nitrogens with zero attached hydrogens (tertiary/aromatic N) is 5. The maximum Gasteiger partial charge on any atom is 0.422 e. The predicted octanol–water partition coefficient (Wildman–Crippen LogP) is 4.65. The number of hydrogen-bond donors (Lipinski definition) is 3. The van der Waals surface area contributed by atoms with E-state index in [9.17, 15) is 24.3 Å². The molecule has 0 aliphatic carbocycles. The molecule has 2 aliphatic heterocycles. The van der Waals surface area contributed by atoms with E-state index >= 15 is 0 Å². The lowest BCUT2D eigenvalue weighted by molar-refractivity contribution is -0.144. The van der Waals surface area contributed by atoms with Crippen LogP contribution >= 0.6 is 0 Å². The molecule has 5 atom stereocenters. The number of hydrazine groups is 1. The molecule has 3 N–H and O–H groups in total. The smallest absolute Gasteiger partial charge is 0.422 e. The number of aryl methyl sites for hydroxylation is 1. The number of aromatic nitrogens is 2. The predicted molar refractivity (Wildman–Crippen MR) is 212 cm³/mol. The first kappa shape index (κ1) is 40.8. The summed E-state index contributed by atoms with van der Waals surface area (Å²) in [4.78, 5) is 65.8. The molecule has 4 unspecified atom stereocenters. The fraction of sp³-hybridized carbons (Fsp3) is 0.395. The number of esters is 1. The molecule has 4 aromatic rings. The van der Waals surface area contributed by atoms with Gasteiger partial charge in [-0.25, -0.2) is 19.4 Å². The topological polar surface area (TPSA) is 167 Å². The van der Waals surface area contributed by atoms with Crippen molar-refractivity contribution in [1.82, 2.24) is 35.5 Å². The third kappa shape index (κ3) is 10.9. The van der Waals surface area contributed by atoms with Gasteiger partial charge in [-0.1, -0.05) is 87.0 Å². The Morgan fingerprint density at radius 3 is 2.44 bits per heavy atom. The maximum atomic E-state index is 14.4. The first-order chi connectivity index (χ1) is 27.6. The third-order valence-electron chi connectivity index (χ3n) is 10.4. The molecule has 14 heteroatoms. The molecule has 0 saturated carbocycles. The summed E-state index contributed by atoms with van der Waals surface area (Å²) in [6, 6.07) is 26.6. The van der Waals surface area contributed by atoms with E-state index < -0.39 is 36.4 Å². The van der Waals surface area contributed by atoms with Crippen molar-refractivity contribution in [3.8, 4) is 11.3 Å².